The second kappa shape index (κ2) is 9.67. The minimum absolute atomic E-state index is 0.669. The molecule has 1 aromatic heterocycles. The van der Waals surface area contributed by atoms with Crippen molar-refractivity contribution in [2.45, 2.75) is 52.1 Å². The molecule has 1 atom stereocenters. The number of guanidine groups is 1. The molecule has 2 rings (SSSR count). The van der Waals surface area contributed by atoms with E-state index in [0.29, 0.717) is 6.04 Å². The third-order valence-electron chi connectivity index (χ3n) is 5.00. The highest BCUT2D eigenvalue weighted by atomic mass is 15.3. The Morgan fingerprint density at radius 1 is 1.46 bits per heavy atom. The van der Waals surface area contributed by atoms with Gasteiger partial charge in [0.2, 0.25) is 0 Å². The van der Waals surface area contributed by atoms with Crippen molar-refractivity contribution in [2.75, 3.05) is 40.3 Å². The van der Waals surface area contributed by atoms with Crippen LogP contribution in [0.4, 0.5) is 0 Å². The van der Waals surface area contributed by atoms with Crippen molar-refractivity contribution in [1.29, 1.82) is 0 Å². The van der Waals surface area contributed by atoms with Crippen LogP contribution >= 0.6 is 0 Å². The maximum Gasteiger partial charge on any atom is 0.193 e. The van der Waals surface area contributed by atoms with E-state index >= 15 is 0 Å². The van der Waals surface area contributed by atoms with Crippen molar-refractivity contribution >= 4 is 5.96 Å². The average molecular weight is 335 g/mol. The fourth-order valence-electron chi connectivity index (χ4n) is 3.55. The molecule has 24 heavy (non-hydrogen) atoms. The first-order valence-electron chi connectivity index (χ1n) is 9.29. The number of nitrogens with one attached hydrogen (secondary N) is 1. The maximum absolute atomic E-state index is 4.44. The highest BCUT2D eigenvalue weighted by Gasteiger charge is 2.24. The molecule has 1 aliphatic heterocycles. The van der Waals surface area contributed by atoms with E-state index in [0.717, 1.165) is 50.8 Å². The average Bonchev–Trinajstić information content (AvgIpc) is 3.19. The van der Waals surface area contributed by atoms with Gasteiger partial charge >= 0.3 is 0 Å². The van der Waals surface area contributed by atoms with Crippen molar-refractivity contribution < 1.29 is 0 Å². The van der Waals surface area contributed by atoms with Crippen LogP contribution in [0.1, 0.15) is 38.4 Å². The Hall–Kier alpha value is -1.56. The number of likely N-dealkylation sites (tertiary alicyclic amines) is 1. The van der Waals surface area contributed by atoms with Gasteiger partial charge < -0.3 is 14.8 Å². The molecule has 2 heterocycles. The Morgan fingerprint density at radius 2 is 2.29 bits per heavy atom. The summed E-state index contributed by atoms with van der Waals surface area (Å²) in [6.07, 6.45) is 8.83. The van der Waals surface area contributed by atoms with Crippen LogP contribution in [0.5, 0.6) is 0 Å². The first-order chi connectivity index (χ1) is 11.7. The second-order valence-corrected chi connectivity index (χ2v) is 6.65. The molecule has 1 unspecified atom stereocenters. The zero-order valence-electron chi connectivity index (χ0n) is 15.8. The molecular formula is C18H34N6. The summed E-state index contributed by atoms with van der Waals surface area (Å²) >= 11 is 0. The normalized spacial score (nSPS) is 19.0. The SMILES string of the molecule is CCN1CCCC1CN(C)C(=NC)NCCCCn1ccnc1C. The van der Waals surface area contributed by atoms with Crippen molar-refractivity contribution in [3.8, 4) is 0 Å². The molecule has 0 amide bonds. The molecule has 1 N–H and O–H groups in total. The van der Waals surface area contributed by atoms with Crippen LogP contribution in [0.15, 0.2) is 17.4 Å². The molecule has 1 saturated heterocycles. The van der Waals surface area contributed by atoms with Crippen molar-refractivity contribution in [2.24, 2.45) is 4.99 Å². The first-order valence-corrected chi connectivity index (χ1v) is 9.29. The van der Waals surface area contributed by atoms with E-state index in [2.05, 4.69) is 56.8 Å². The number of unbranched alkanes of at least 4 members (excludes halogenated alkanes) is 1. The Bertz CT molecular complexity index is 509. The van der Waals surface area contributed by atoms with Gasteiger partial charge in [-0.15, -0.1) is 0 Å². The highest BCUT2D eigenvalue weighted by Crippen LogP contribution is 2.17. The van der Waals surface area contributed by atoms with Gasteiger partial charge in [0.25, 0.3) is 0 Å². The zero-order chi connectivity index (χ0) is 17.4. The lowest BCUT2D eigenvalue weighted by Gasteiger charge is -2.29. The number of aryl methyl sites for hydroxylation is 2. The largest absolute Gasteiger partial charge is 0.356 e. The molecule has 0 spiro atoms. The predicted molar refractivity (Wildman–Crippen MR) is 100 cm³/mol. The molecule has 6 nitrogen and oxygen atoms in total. The van der Waals surface area contributed by atoms with Gasteiger partial charge in [0.1, 0.15) is 5.82 Å². The predicted octanol–water partition coefficient (Wildman–Crippen LogP) is 1.96. The standard InChI is InChI=1S/C18H34N6/c1-5-23-13-8-9-17(23)15-22(4)18(19-3)21-10-6-7-12-24-14-11-20-16(24)2/h11,14,17H,5-10,12-13,15H2,1-4H3,(H,19,21). The van der Waals surface area contributed by atoms with E-state index in [1.54, 1.807) is 0 Å². The summed E-state index contributed by atoms with van der Waals surface area (Å²) in [6.45, 7) is 9.77. The number of hydrogen-bond donors (Lipinski definition) is 1. The first kappa shape index (κ1) is 18.8. The minimum Gasteiger partial charge on any atom is -0.356 e. The number of imidazole rings is 1. The zero-order valence-corrected chi connectivity index (χ0v) is 15.8. The number of hydrogen-bond acceptors (Lipinski definition) is 3. The van der Waals surface area contributed by atoms with E-state index in [-0.39, 0.29) is 0 Å². The van der Waals surface area contributed by atoms with Crippen LogP contribution in [-0.2, 0) is 6.54 Å². The summed E-state index contributed by atoms with van der Waals surface area (Å²) in [7, 11) is 4.02. The van der Waals surface area contributed by atoms with Crippen LogP contribution in [-0.4, -0.2) is 71.6 Å². The summed E-state index contributed by atoms with van der Waals surface area (Å²) in [5.74, 6) is 2.10. The van der Waals surface area contributed by atoms with Crippen LogP contribution < -0.4 is 5.32 Å². The maximum atomic E-state index is 4.44. The summed E-state index contributed by atoms with van der Waals surface area (Å²) in [5, 5.41) is 3.50. The number of aliphatic imine (C=N–C) groups is 1. The fourth-order valence-corrected chi connectivity index (χ4v) is 3.55. The summed E-state index contributed by atoms with van der Waals surface area (Å²) < 4.78 is 2.21. The molecule has 0 saturated carbocycles. The quantitative estimate of drug-likeness (QED) is 0.449. The van der Waals surface area contributed by atoms with Crippen molar-refractivity contribution in [1.82, 2.24) is 24.7 Å². The number of rotatable bonds is 8. The Balaban J connectivity index is 1.67. The van der Waals surface area contributed by atoms with Crippen LogP contribution in [0.2, 0.25) is 0 Å². The third kappa shape index (κ3) is 5.23. The Morgan fingerprint density at radius 3 is 2.96 bits per heavy atom. The second-order valence-electron chi connectivity index (χ2n) is 6.65. The molecule has 0 aliphatic carbocycles. The lowest BCUT2D eigenvalue weighted by molar-refractivity contribution is 0.232. The van der Waals surface area contributed by atoms with E-state index in [1.807, 2.05) is 13.2 Å². The topological polar surface area (TPSA) is 48.7 Å². The van der Waals surface area contributed by atoms with Gasteiger partial charge in [-0.05, 0) is 45.7 Å². The Kier molecular flexibility index (Phi) is 7.56. The van der Waals surface area contributed by atoms with Gasteiger partial charge in [0, 0.05) is 52.2 Å². The van der Waals surface area contributed by atoms with Gasteiger partial charge in [0.05, 0.1) is 0 Å². The smallest absolute Gasteiger partial charge is 0.193 e. The lowest BCUT2D eigenvalue weighted by atomic mass is 10.2. The molecular weight excluding hydrogens is 300 g/mol. The van der Waals surface area contributed by atoms with E-state index in [4.69, 9.17) is 0 Å². The van der Waals surface area contributed by atoms with Crippen LogP contribution in [0.25, 0.3) is 0 Å². The molecule has 0 aromatic carbocycles. The summed E-state index contributed by atoms with van der Waals surface area (Å²) in [6, 6.07) is 0.669. The van der Waals surface area contributed by atoms with Gasteiger partial charge in [-0.2, -0.15) is 0 Å². The van der Waals surface area contributed by atoms with Gasteiger partial charge in [-0.25, -0.2) is 4.98 Å². The summed E-state index contributed by atoms with van der Waals surface area (Å²) in [5.41, 5.74) is 0. The third-order valence-corrected chi connectivity index (χ3v) is 5.00. The Labute approximate surface area is 147 Å². The molecule has 0 radical (unpaired) electrons. The number of nitrogens with zero attached hydrogens (tertiary/aromatic N) is 5. The van der Waals surface area contributed by atoms with E-state index in [9.17, 15) is 0 Å². The number of likely N-dealkylation sites (N-methyl/N-ethyl adjacent to an activating group) is 2. The van der Waals surface area contributed by atoms with Crippen LogP contribution in [0.3, 0.4) is 0 Å². The number of aromatic nitrogens is 2. The van der Waals surface area contributed by atoms with Crippen molar-refractivity contribution in [3.63, 3.8) is 0 Å². The molecule has 136 valence electrons. The van der Waals surface area contributed by atoms with Gasteiger partial charge in [0.15, 0.2) is 5.96 Å². The van der Waals surface area contributed by atoms with Gasteiger partial charge in [-0.1, -0.05) is 6.92 Å². The molecule has 6 heteroatoms. The van der Waals surface area contributed by atoms with Crippen molar-refractivity contribution in [3.05, 3.63) is 18.2 Å². The molecule has 1 fully saturated rings. The van der Waals surface area contributed by atoms with Gasteiger partial charge in [-0.3, -0.25) is 9.89 Å². The fraction of sp³-hybridized carbons (Fsp3) is 0.778. The summed E-state index contributed by atoms with van der Waals surface area (Å²) in [4.78, 5) is 13.6. The minimum atomic E-state index is 0.669. The highest BCUT2D eigenvalue weighted by molar-refractivity contribution is 5.79. The molecule has 0 bridgehead atoms. The monoisotopic (exact) mass is 334 g/mol. The molecule has 1 aromatic rings. The van der Waals surface area contributed by atoms with Crippen LogP contribution in [0, 0.1) is 6.92 Å². The van der Waals surface area contributed by atoms with E-state index in [1.165, 1.54) is 19.4 Å². The lowest BCUT2D eigenvalue weighted by Crippen LogP contribution is -2.46. The molecule has 1 aliphatic rings. The van der Waals surface area contributed by atoms with E-state index < -0.39 is 0 Å².